The van der Waals surface area contributed by atoms with Crippen LogP contribution in [0.25, 0.3) is 0 Å². The largest absolute Gasteiger partial charge is 0.432 e. The zero-order valence-electron chi connectivity index (χ0n) is 12.8. The Morgan fingerprint density at radius 1 is 1.19 bits per heavy atom. The van der Waals surface area contributed by atoms with Gasteiger partial charge >= 0.3 is 5.97 Å². The van der Waals surface area contributed by atoms with Gasteiger partial charge in [0.05, 0.1) is 18.1 Å². The maximum absolute atomic E-state index is 12.2. The molecule has 7 atom stereocenters. The predicted octanol–water partition coefficient (Wildman–Crippen LogP) is 2.63. The van der Waals surface area contributed by atoms with E-state index in [1.807, 2.05) is 0 Å². The first-order valence-corrected chi connectivity index (χ1v) is 8.76. The molecule has 2 bridgehead atoms. The Morgan fingerprint density at radius 2 is 1.95 bits per heavy atom. The molecule has 0 radical (unpaired) electrons. The van der Waals surface area contributed by atoms with E-state index in [9.17, 15) is 9.90 Å². The second kappa shape index (κ2) is 4.95. The average molecular weight is 294 g/mol. The van der Waals surface area contributed by atoms with E-state index in [0.717, 1.165) is 19.3 Å². The van der Waals surface area contributed by atoms with Crippen LogP contribution < -0.4 is 0 Å². The molecule has 6 unspecified atom stereocenters. The van der Waals surface area contributed by atoms with Crippen molar-refractivity contribution < 1.29 is 19.4 Å². The van der Waals surface area contributed by atoms with Gasteiger partial charge < -0.3 is 14.6 Å². The Labute approximate surface area is 126 Å². The third-order valence-electron chi connectivity index (χ3n) is 6.32. The van der Waals surface area contributed by atoms with Crippen LogP contribution in [-0.4, -0.2) is 29.1 Å². The molecule has 4 fully saturated rings. The summed E-state index contributed by atoms with van der Waals surface area (Å²) in [7, 11) is 0. The van der Waals surface area contributed by atoms with Gasteiger partial charge in [-0.3, -0.25) is 4.79 Å². The van der Waals surface area contributed by atoms with Gasteiger partial charge in [0.15, 0.2) is 0 Å². The highest BCUT2D eigenvalue weighted by atomic mass is 16.7. The lowest BCUT2D eigenvalue weighted by Gasteiger charge is -2.28. The van der Waals surface area contributed by atoms with Crippen LogP contribution in [0.15, 0.2) is 0 Å². The lowest BCUT2D eigenvalue weighted by molar-refractivity contribution is -0.229. The second-order valence-corrected chi connectivity index (χ2v) is 7.44. The van der Waals surface area contributed by atoms with Crippen molar-refractivity contribution in [1.29, 1.82) is 0 Å². The molecule has 0 amide bonds. The number of carbonyl (C=O) groups excluding carboxylic acids is 1. The molecule has 1 N–H and O–H groups in total. The van der Waals surface area contributed by atoms with Gasteiger partial charge in [0.1, 0.15) is 0 Å². The fraction of sp³-hybridized carbons (Fsp3) is 0.941. The van der Waals surface area contributed by atoms with Crippen molar-refractivity contribution in [2.75, 3.05) is 0 Å². The van der Waals surface area contributed by atoms with Gasteiger partial charge in [-0.2, -0.15) is 0 Å². The monoisotopic (exact) mass is 294 g/mol. The smallest absolute Gasteiger partial charge is 0.312 e. The summed E-state index contributed by atoms with van der Waals surface area (Å²) in [6, 6.07) is 0. The fourth-order valence-corrected chi connectivity index (χ4v) is 5.47. The number of rotatable bonds is 7. The van der Waals surface area contributed by atoms with Crippen molar-refractivity contribution in [3.05, 3.63) is 0 Å². The first-order valence-electron chi connectivity index (χ1n) is 8.76. The molecule has 118 valence electrons. The van der Waals surface area contributed by atoms with E-state index in [1.165, 1.54) is 32.1 Å². The molecule has 2 saturated carbocycles. The Morgan fingerprint density at radius 3 is 2.76 bits per heavy atom. The van der Waals surface area contributed by atoms with Crippen LogP contribution in [0.2, 0.25) is 0 Å². The number of ether oxygens (including phenoxy) is 2. The number of unbranched alkanes of at least 4 members (excludes halogenated alkanes) is 5. The molecule has 0 aromatic rings. The molecule has 0 aromatic carbocycles. The Kier molecular flexibility index (Phi) is 3.30. The highest BCUT2D eigenvalue weighted by molar-refractivity contribution is 5.77. The van der Waals surface area contributed by atoms with Gasteiger partial charge in [-0.25, -0.2) is 0 Å². The minimum absolute atomic E-state index is 0.0792. The van der Waals surface area contributed by atoms with Gasteiger partial charge in [0, 0.05) is 18.3 Å². The zero-order chi connectivity index (χ0) is 14.6. The minimum Gasteiger partial charge on any atom is -0.432 e. The van der Waals surface area contributed by atoms with Crippen molar-refractivity contribution in [1.82, 2.24) is 0 Å². The Hall–Kier alpha value is -0.610. The summed E-state index contributed by atoms with van der Waals surface area (Å²) in [6.07, 6.45) is 8.59. The van der Waals surface area contributed by atoms with E-state index in [2.05, 4.69) is 6.92 Å². The lowest BCUT2D eigenvalue weighted by atomic mass is 9.76. The summed E-state index contributed by atoms with van der Waals surface area (Å²) in [5.41, 5.74) is 0. The SMILES string of the molecule is CCCCCCCCC12OC(=O)C3C4CC(C(O1)[C@H]4O)C32. The summed E-state index contributed by atoms with van der Waals surface area (Å²) in [5.74, 6) is -0.236. The molecule has 0 aromatic heterocycles. The van der Waals surface area contributed by atoms with Gasteiger partial charge in [-0.1, -0.05) is 39.0 Å². The lowest BCUT2D eigenvalue weighted by Crippen LogP contribution is -2.39. The number of fused-ring (bicyclic) bond motifs is 2. The van der Waals surface area contributed by atoms with Gasteiger partial charge in [-0.15, -0.1) is 0 Å². The molecular weight excluding hydrogens is 268 g/mol. The third-order valence-corrected chi connectivity index (χ3v) is 6.32. The number of hydrogen-bond acceptors (Lipinski definition) is 4. The maximum atomic E-state index is 12.2. The Balaban J connectivity index is 1.40. The molecule has 2 aliphatic carbocycles. The number of carbonyl (C=O) groups is 1. The molecule has 21 heavy (non-hydrogen) atoms. The summed E-state index contributed by atoms with van der Waals surface area (Å²) >= 11 is 0. The van der Waals surface area contributed by atoms with E-state index in [1.54, 1.807) is 0 Å². The summed E-state index contributed by atoms with van der Waals surface area (Å²) in [4.78, 5) is 12.2. The Bertz CT molecular complexity index is 437. The van der Waals surface area contributed by atoms with E-state index in [4.69, 9.17) is 9.47 Å². The van der Waals surface area contributed by atoms with Gasteiger partial charge in [-0.05, 0) is 18.8 Å². The number of hydrogen-bond donors (Lipinski definition) is 1. The summed E-state index contributed by atoms with van der Waals surface area (Å²) < 4.78 is 11.8. The molecule has 2 aliphatic heterocycles. The van der Waals surface area contributed by atoms with Crippen molar-refractivity contribution in [2.45, 2.75) is 76.3 Å². The topological polar surface area (TPSA) is 55.8 Å². The number of aliphatic hydroxyl groups excluding tert-OH is 1. The molecule has 4 aliphatic rings. The molecule has 4 nitrogen and oxygen atoms in total. The molecular formula is C17H26O4. The average Bonchev–Trinajstić information content (AvgIpc) is 3.12. The van der Waals surface area contributed by atoms with E-state index >= 15 is 0 Å². The van der Waals surface area contributed by atoms with Crippen molar-refractivity contribution in [2.24, 2.45) is 23.7 Å². The van der Waals surface area contributed by atoms with Crippen LogP contribution in [0.4, 0.5) is 0 Å². The standard InChI is InChI=1S/C17H26O4/c1-2-3-4-5-6-7-8-17-13-11-9-10(12(13)16(19)21-17)14(18)15(11)20-17/h10-15,18H,2-9H2,1H3/t10?,11?,12?,13?,14-,15?,17?/m0/s1. The highest BCUT2D eigenvalue weighted by Gasteiger charge is 2.77. The third kappa shape index (κ3) is 1.84. The second-order valence-electron chi connectivity index (χ2n) is 7.44. The van der Waals surface area contributed by atoms with Crippen molar-refractivity contribution in [3.8, 4) is 0 Å². The van der Waals surface area contributed by atoms with E-state index in [-0.39, 0.29) is 29.8 Å². The van der Waals surface area contributed by atoms with Crippen LogP contribution in [0.3, 0.4) is 0 Å². The van der Waals surface area contributed by atoms with Crippen molar-refractivity contribution in [3.63, 3.8) is 0 Å². The first-order chi connectivity index (χ1) is 10.2. The normalized spacial score (nSPS) is 49.1. The predicted molar refractivity (Wildman–Crippen MR) is 76.3 cm³/mol. The number of esters is 1. The molecule has 0 spiro atoms. The molecule has 4 rings (SSSR count). The van der Waals surface area contributed by atoms with Gasteiger partial charge in [0.25, 0.3) is 0 Å². The minimum atomic E-state index is -0.686. The molecule has 2 heterocycles. The van der Waals surface area contributed by atoms with Crippen LogP contribution in [-0.2, 0) is 14.3 Å². The van der Waals surface area contributed by atoms with Gasteiger partial charge in [0.2, 0.25) is 5.79 Å². The quantitative estimate of drug-likeness (QED) is 0.579. The summed E-state index contributed by atoms with van der Waals surface area (Å²) in [6.45, 7) is 2.22. The molecule has 4 heteroatoms. The maximum Gasteiger partial charge on any atom is 0.312 e. The molecule has 2 saturated heterocycles. The van der Waals surface area contributed by atoms with Crippen LogP contribution in [0.1, 0.15) is 58.3 Å². The van der Waals surface area contributed by atoms with Crippen LogP contribution in [0, 0.1) is 23.7 Å². The zero-order valence-corrected chi connectivity index (χ0v) is 12.8. The van der Waals surface area contributed by atoms with Crippen LogP contribution in [0.5, 0.6) is 0 Å². The summed E-state index contributed by atoms with van der Waals surface area (Å²) in [5, 5.41) is 10.3. The highest BCUT2D eigenvalue weighted by Crippen LogP contribution is 2.67. The number of aliphatic hydroxyl groups is 1. The van der Waals surface area contributed by atoms with Crippen LogP contribution >= 0.6 is 0 Å². The first kappa shape index (κ1) is 14.0. The fourth-order valence-electron chi connectivity index (χ4n) is 5.47. The van der Waals surface area contributed by atoms with E-state index in [0.29, 0.717) is 5.92 Å². The van der Waals surface area contributed by atoms with E-state index < -0.39 is 11.9 Å². The van der Waals surface area contributed by atoms with Crippen molar-refractivity contribution >= 4 is 5.97 Å².